The fourth-order valence-electron chi connectivity index (χ4n) is 1.35. The summed E-state index contributed by atoms with van der Waals surface area (Å²) in [5, 5.41) is 3.77. The molecule has 0 unspecified atom stereocenters. The molecule has 0 aliphatic rings. The van der Waals surface area contributed by atoms with Crippen molar-refractivity contribution in [2.24, 2.45) is 5.73 Å². The third kappa shape index (κ3) is 2.98. The smallest absolute Gasteiger partial charge is 0.174 e. The van der Waals surface area contributed by atoms with E-state index in [1.54, 1.807) is 13.2 Å². The molecule has 0 radical (unpaired) electrons. The van der Waals surface area contributed by atoms with Crippen LogP contribution in [0.1, 0.15) is 11.5 Å². The standard InChI is InChI=1S/C12H14N2O3/c1-15-10-2-4-11(5-3-10)16-8-12-6-9(7-13)14-17-12/h2-6H,7-8,13H2,1H3. The third-order valence-corrected chi connectivity index (χ3v) is 2.26. The van der Waals surface area contributed by atoms with Crippen LogP contribution < -0.4 is 15.2 Å². The van der Waals surface area contributed by atoms with Crippen molar-refractivity contribution >= 4 is 0 Å². The van der Waals surface area contributed by atoms with Crippen molar-refractivity contribution in [3.63, 3.8) is 0 Å². The van der Waals surface area contributed by atoms with Gasteiger partial charge < -0.3 is 19.7 Å². The Morgan fingerprint density at radius 3 is 2.53 bits per heavy atom. The number of hydrogen-bond donors (Lipinski definition) is 1. The maximum absolute atomic E-state index is 5.52. The summed E-state index contributed by atoms with van der Waals surface area (Å²) < 4.78 is 15.6. The number of benzene rings is 1. The first-order valence-corrected chi connectivity index (χ1v) is 5.23. The van der Waals surface area contributed by atoms with E-state index in [0.29, 0.717) is 18.9 Å². The van der Waals surface area contributed by atoms with Crippen LogP contribution >= 0.6 is 0 Å². The summed E-state index contributed by atoms with van der Waals surface area (Å²) in [5.41, 5.74) is 6.15. The predicted octanol–water partition coefficient (Wildman–Crippen LogP) is 1.72. The SMILES string of the molecule is COc1ccc(OCc2cc(CN)no2)cc1. The molecule has 2 rings (SSSR count). The first-order chi connectivity index (χ1) is 8.31. The Balaban J connectivity index is 1.92. The van der Waals surface area contributed by atoms with E-state index in [-0.39, 0.29) is 0 Å². The van der Waals surface area contributed by atoms with Crippen LogP contribution in [-0.4, -0.2) is 12.3 Å². The van der Waals surface area contributed by atoms with Gasteiger partial charge in [-0.05, 0) is 24.3 Å². The van der Waals surface area contributed by atoms with Gasteiger partial charge in [-0.25, -0.2) is 0 Å². The highest BCUT2D eigenvalue weighted by molar-refractivity contribution is 5.31. The highest BCUT2D eigenvalue weighted by atomic mass is 16.5. The zero-order valence-corrected chi connectivity index (χ0v) is 9.55. The second-order valence-corrected chi connectivity index (χ2v) is 3.45. The number of aromatic nitrogens is 1. The minimum Gasteiger partial charge on any atom is -0.497 e. The minimum atomic E-state index is 0.333. The lowest BCUT2D eigenvalue weighted by Crippen LogP contribution is -1.96. The molecule has 90 valence electrons. The molecule has 0 atom stereocenters. The third-order valence-electron chi connectivity index (χ3n) is 2.26. The molecule has 1 aromatic carbocycles. The van der Waals surface area contributed by atoms with Crippen molar-refractivity contribution in [3.05, 3.63) is 41.8 Å². The van der Waals surface area contributed by atoms with E-state index in [1.165, 1.54) is 0 Å². The number of hydrogen-bond acceptors (Lipinski definition) is 5. The quantitative estimate of drug-likeness (QED) is 0.852. The molecule has 0 aliphatic heterocycles. The van der Waals surface area contributed by atoms with E-state index in [1.807, 2.05) is 24.3 Å². The lowest BCUT2D eigenvalue weighted by Gasteiger charge is -2.04. The molecule has 0 aliphatic carbocycles. The van der Waals surface area contributed by atoms with Crippen molar-refractivity contribution in [2.45, 2.75) is 13.2 Å². The second kappa shape index (κ2) is 5.36. The van der Waals surface area contributed by atoms with Crippen LogP contribution in [0.5, 0.6) is 11.5 Å². The summed E-state index contributed by atoms with van der Waals surface area (Å²) in [6.07, 6.45) is 0. The van der Waals surface area contributed by atoms with Crippen molar-refractivity contribution in [1.29, 1.82) is 0 Å². The zero-order chi connectivity index (χ0) is 12.1. The molecule has 17 heavy (non-hydrogen) atoms. The molecule has 0 amide bonds. The Hall–Kier alpha value is -2.01. The zero-order valence-electron chi connectivity index (χ0n) is 9.55. The number of nitrogens with two attached hydrogens (primary N) is 1. The van der Waals surface area contributed by atoms with Crippen LogP contribution in [0, 0.1) is 0 Å². The van der Waals surface area contributed by atoms with Gasteiger partial charge in [0, 0.05) is 12.6 Å². The van der Waals surface area contributed by atoms with Crippen molar-refractivity contribution in [3.8, 4) is 11.5 Å². The first-order valence-electron chi connectivity index (χ1n) is 5.23. The van der Waals surface area contributed by atoms with Crippen LogP contribution in [0.15, 0.2) is 34.9 Å². The normalized spacial score (nSPS) is 10.2. The van der Waals surface area contributed by atoms with Gasteiger partial charge >= 0.3 is 0 Å². The minimum absolute atomic E-state index is 0.333. The summed E-state index contributed by atoms with van der Waals surface area (Å²) in [4.78, 5) is 0. The molecule has 5 nitrogen and oxygen atoms in total. The number of methoxy groups -OCH3 is 1. The maximum atomic E-state index is 5.52. The van der Waals surface area contributed by atoms with Gasteiger partial charge in [0.15, 0.2) is 5.76 Å². The average molecular weight is 234 g/mol. The predicted molar refractivity (Wildman–Crippen MR) is 61.7 cm³/mol. The number of nitrogens with zero attached hydrogens (tertiary/aromatic N) is 1. The van der Waals surface area contributed by atoms with Gasteiger partial charge in [0.1, 0.15) is 18.1 Å². The molecule has 0 saturated heterocycles. The molecule has 2 N–H and O–H groups in total. The molecular formula is C12H14N2O3. The van der Waals surface area contributed by atoms with Crippen molar-refractivity contribution in [2.75, 3.05) is 7.11 Å². The van der Waals surface area contributed by atoms with Crippen LogP contribution in [0.4, 0.5) is 0 Å². The van der Waals surface area contributed by atoms with E-state index in [9.17, 15) is 0 Å². The van der Waals surface area contributed by atoms with E-state index in [4.69, 9.17) is 19.7 Å². The Bertz CT molecular complexity index is 465. The molecule has 0 spiro atoms. The molecule has 0 saturated carbocycles. The number of ether oxygens (including phenoxy) is 2. The van der Waals surface area contributed by atoms with E-state index < -0.39 is 0 Å². The van der Waals surface area contributed by atoms with Gasteiger partial charge in [-0.1, -0.05) is 5.16 Å². The molecule has 2 aromatic rings. The molecule has 5 heteroatoms. The van der Waals surface area contributed by atoms with Gasteiger partial charge in [-0.2, -0.15) is 0 Å². The van der Waals surface area contributed by atoms with Gasteiger partial charge in [0.25, 0.3) is 0 Å². The second-order valence-electron chi connectivity index (χ2n) is 3.45. The topological polar surface area (TPSA) is 70.5 Å². The highest BCUT2D eigenvalue weighted by Gasteiger charge is 2.03. The van der Waals surface area contributed by atoms with Crippen molar-refractivity contribution in [1.82, 2.24) is 5.16 Å². The van der Waals surface area contributed by atoms with Gasteiger partial charge in [-0.3, -0.25) is 0 Å². The van der Waals surface area contributed by atoms with Gasteiger partial charge in [0.05, 0.1) is 12.8 Å². The Kier molecular flexibility index (Phi) is 3.62. The lowest BCUT2D eigenvalue weighted by atomic mass is 10.3. The van der Waals surface area contributed by atoms with E-state index in [2.05, 4.69) is 5.16 Å². The van der Waals surface area contributed by atoms with E-state index in [0.717, 1.165) is 17.2 Å². The highest BCUT2D eigenvalue weighted by Crippen LogP contribution is 2.18. The Labute approximate surface area is 99.1 Å². The molecular weight excluding hydrogens is 220 g/mol. The fraction of sp³-hybridized carbons (Fsp3) is 0.250. The van der Waals surface area contributed by atoms with Gasteiger partial charge in [-0.15, -0.1) is 0 Å². The molecule has 1 heterocycles. The van der Waals surface area contributed by atoms with Gasteiger partial charge in [0.2, 0.25) is 0 Å². The summed E-state index contributed by atoms with van der Waals surface area (Å²) in [5.74, 6) is 2.19. The lowest BCUT2D eigenvalue weighted by molar-refractivity contribution is 0.248. The first kappa shape index (κ1) is 11.5. The summed E-state index contributed by atoms with van der Waals surface area (Å²) in [7, 11) is 1.62. The molecule has 0 bridgehead atoms. The van der Waals surface area contributed by atoms with Crippen LogP contribution in [0.2, 0.25) is 0 Å². The monoisotopic (exact) mass is 234 g/mol. The molecule has 0 fully saturated rings. The largest absolute Gasteiger partial charge is 0.497 e. The Morgan fingerprint density at radius 2 is 1.94 bits per heavy atom. The van der Waals surface area contributed by atoms with Crippen LogP contribution in [0.3, 0.4) is 0 Å². The number of rotatable bonds is 5. The van der Waals surface area contributed by atoms with E-state index >= 15 is 0 Å². The fourth-order valence-corrected chi connectivity index (χ4v) is 1.35. The summed E-state index contributed by atoms with van der Waals surface area (Å²) in [6.45, 7) is 0.700. The summed E-state index contributed by atoms with van der Waals surface area (Å²) in [6, 6.07) is 9.11. The van der Waals surface area contributed by atoms with Crippen molar-refractivity contribution < 1.29 is 14.0 Å². The Morgan fingerprint density at radius 1 is 1.24 bits per heavy atom. The van der Waals surface area contributed by atoms with Crippen LogP contribution in [-0.2, 0) is 13.2 Å². The van der Waals surface area contributed by atoms with Crippen LogP contribution in [0.25, 0.3) is 0 Å². The molecule has 1 aromatic heterocycles. The summed E-state index contributed by atoms with van der Waals surface area (Å²) >= 11 is 0. The maximum Gasteiger partial charge on any atom is 0.174 e. The average Bonchev–Trinajstić information content (AvgIpc) is 2.85.